The zero-order valence-electron chi connectivity index (χ0n) is 16.8. The Morgan fingerprint density at radius 2 is 1.68 bits per heavy atom. The van der Waals surface area contributed by atoms with Crippen LogP contribution in [0.25, 0.3) is 0 Å². The van der Waals surface area contributed by atoms with Gasteiger partial charge in [-0.1, -0.05) is 30.3 Å². The normalized spacial score (nSPS) is 15.2. The molecule has 0 aliphatic carbocycles. The zero-order chi connectivity index (χ0) is 19.8. The summed E-state index contributed by atoms with van der Waals surface area (Å²) in [7, 11) is 3.73. The Morgan fingerprint density at radius 3 is 2.39 bits per heavy atom. The lowest BCUT2D eigenvalue weighted by Crippen LogP contribution is -3.10. The number of carbonyl (C=O) groups excluding carboxylic acids is 1. The molecule has 1 aliphatic heterocycles. The van der Waals surface area contributed by atoms with Gasteiger partial charge >= 0.3 is 0 Å². The molecule has 1 heterocycles. The van der Waals surface area contributed by atoms with Crippen LogP contribution in [-0.2, 0) is 4.79 Å². The van der Waals surface area contributed by atoms with E-state index in [4.69, 9.17) is 9.47 Å². The van der Waals surface area contributed by atoms with E-state index < -0.39 is 0 Å². The number of para-hydroxylation sites is 3. The number of likely N-dealkylation sites (N-methyl/N-ethyl adjacent to an activating group) is 1. The van der Waals surface area contributed by atoms with Gasteiger partial charge in [-0.2, -0.15) is 0 Å². The summed E-state index contributed by atoms with van der Waals surface area (Å²) in [5.41, 5.74) is 1.10. The second kappa shape index (κ2) is 9.99. The monoisotopic (exact) mass is 384 g/mol. The van der Waals surface area contributed by atoms with E-state index in [1.807, 2.05) is 60.5 Å². The highest BCUT2D eigenvalue weighted by atomic mass is 16.5. The van der Waals surface area contributed by atoms with E-state index in [-0.39, 0.29) is 5.91 Å². The van der Waals surface area contributed by atoms with Crippen molar-refractivity contribution in [1.29, 1.82) is 0 Å². The summed E-state index contributed by atoms with van der Waals surface area (Å²) in [6.45, 7) is 5.01. The minimum absolute atomic E-state index is 0.205. The molecule has 1 aliphatic rings. The van der Waals surface area contributed by atoms with Gasteiger partial charge in [-0.25, -0.2) is 0 Å². The Morgan fingerprint density at radius 1 is 1.00 bits per heavy atom. The van der Waals surface area contributed by atoms with Gasteiger partial charge in [0.25, 0.3) is 5.91 Å². The standard InChI is InChI=1S/C22H29N3O3/c1-23(16-17-28-19-8-4-3-5-9-19)18-22(26)25-14-12-24(13-15-25)20-10-6-7-11-21(20)27-2/h3-11H,12-18H2,1-2H3/p+1. The molecule has 28 heavy (non-hydrogen) atoms. The number of piperazine rings is 1. The first-order chi connectivity index (χ1) is 13.7. The Hall–Kier alpha value is -2.73. The predicted octanol–water partition coefficient (Wildman–Crippen LogP) is 0.938. The van der Waals surface area contributed by atoms with Crippen LogP contribution in [0.1, 0.15) is 0 Å². The maximum absolute atomic E-state index is 12.6. The summed E-state index contributed by atoms with van der Waals surface area (Å²) < 4.78 is 11.2. The van der Waals surface area contributed by atoms with Crippen molar-refractivity contribution in [2.24, 2.45) is 0 Å². The van der Waals surface area contributed by atoms with Gasteiger partial charge in [0.15, 0.2) is 6.54 Å². The van der Waals surface area contributed by atoms with E-state index in [1.54, 1.807) is 7.11 Å². The fourth-order valence-electron chi connectivity index (χ4n) is 3.41. The first-order valence-electron chi connectivity index (χ1n) is 9.82. The molecular formula is C22H30N3O3+. The number of rotatable bonds is 8. The van der Waals surface area contributed by atoms with Crippen molar-refractivity contribution in [1.82, 2.24) is 4.90 Å². The average Bonchev–Trinajstić information content (AvgIpc) is 2.74. The topological polar surface area (TPSA) is 46.5 Å². The van der Waals surface area contributed by atoms with Crippen molar-refractivity contribution in [3.8, 4) is 11.5 Å². The summed E-state index contributed by atoms with van der Waals surface area (Å²) >= 11 is 0. The fraction of sp³-hybridized carbons (Fsp3) is 0.409. The van der Waals surface area contributed by atoms with Crippen LogP contribution in [0.2, 0.25) is 0 Å². The van der Waals surface area contributed by atoms with Crippen molar-refractivity contribution in [2.75, 3.05) is 64.9 Å². The van der Waals surface area contributed by atoms with Crippen molar-refractivity contribution >= 4 is 11.6 Å². The molecule has 1 N–H and O–H groups in total. The maximum atomic E-state index is 12.6. The van der Waals surface area contributed by atoms with Crippen LogP contribution < -0.4 is 19.3 Å². The van der Waals surface area contributed by atoms with Crippen LogP contribution in [0.3, 0.4) is 0 Å². The van der Waals surface area contributed by atoms with Crippen molar-refractivity contribution < 1.29 is 19.2 Å². The molecule has 0 aromatic heterocycles. The van der Waals surface area contributed by atoms with Gasteiger partial charge in [0, 0.05) is 26.2 Å². The summed E-state index contributed by atoms with van der Waals surface area (Å²) in [5.74, 6) is 1.95. The smallest absolute Gasteiger partial charge is 0.277 e. The van der Waals surface area contributed by atoms with Gasteiger partial charge in [0.2, 0.25) is 0 Å². The Labute approximate surface area is 167 Å². The van der Waals surface area contributed by atoms with E-state index in [1.165, 1.54) is 0 Å². The van der Waals surface area contributed by atoms with Gasteiger partial charge in [0.1, 0.15) is 24.7 Å². The largest absolute Gasteiger partial charge is 0.495 e. The third kappa shape index (κ3) is 5.39. The van der Waals surface area contributed by atoms with Gasteiger partial charge < -0.3 is 24.2 Å². The molecule has 3 rings (SSSR count). The number of ether oxygens (including phenoxy) is 2. The summed E-state index contributed by atoms with van der Waals surface area (Å²) in [4.78, 5) is 18.0. The van der Waals surface area contributed by atoms with Crippen LogP contribution >= 0.6 is 0 Å². The molecule has 150 valence electrons. The number of anilines is 1. The molecule has 0 radical (unpaired) electrons. The highest BCUT2D eigenvalue weighted by molar-refractivity contribution is 5.77. The Kier molecular flexibility index (Phi) is 7.14. The van der Waals surface area contributed by atoms with E-state index in [9.17, 15) is 4.79 Å². The minimum atomic E-state index is 0.205. The minimum Gasteiger partial charge on any atom is -0.495 e. The average molecular weight is 385 g/mol. The highest BCUT2D eigenvalue weighted by Crippen LogP contribution is 2.28. The molecule has 6 heteroatoms. The van der Waals surface area contributed by atoms with E-state index >= 15 is 0 Å². The summed E-state index contributed by atoms with van der Waals surface area (Å²) in [5, 5.41) is 0. The predicted molar refractivity (Wildman–Crippen MR) is 110 cm³/mol. The van der Waals surface area contributed by atoms with E-state index in [2.05, 4.69) is 11.0 Å². The van der Waals surface area contributed by atoms with E-state index in [0.29, 0.717) is 13.2 Å². The third-order valence-electron chi connectivity index (χ3n) is 5.05. The molecule has 6 nitrogen and oxygen atoms in total. The molecule has 2 aromatic rings. The molecule has 1 fully saturated rings. The fourth-order valence-corrected chi connectivity index (χ4v) is 3.41. The molecule has 2 aromatic carbocycles. The van der Waals surface area contributed by atoms with Gasteiger partial charge in [-0.15, -0.1) is 0 Å². The SMILES string of the molecule is COc1ccccc1N1CCN(C(=O)C[NH+](C)CCOc2ccccc2)CC1. The lowest BCUT2D eigenvalue weighted by Gasteiger charge is -2.36. The second-order valence-electron chi connectivity index (χ2n) is 7.09. The second-order valence-corrected chi connectivity index (χ2v) is 7.09. The summed E-state index contributed by atoms with van der Waals surface area (Å²) in [6.07, 6.45) is 0. The number of methoxy groups -OCH3 is 1. The molecule has 1 unspecified atom stereocenters. The molecule has 0 spiro atoms. The number of hydrogen-bond acceptors (Lipinski definition) is 4. The number of carbonyl (C=O) groups is 1. The first kappa shape index (κ1) is 20.0. The number of nitrogens with zero attached hydrogens (tertiary/aromatic N) is 2. The quantitative estimate of drug-likeness (QED) is 0.736. The lowest BCUT2D eigenvalue weighted by atomic mass is 10.2. The maximum Gasteiger partial charge on any atom is 0.277 e. The van der Waals surface area contributed by atoms with Gasteiger partial charge in [-0.3, -0.25) is 4.79 Å². The van der Waals surface area contributed by atoms with Crippen molar-refractivity contribution in [3.63, 3.8) is 0 Å². The number of nitrogens with one attached hydrogen (secondary N) is 1. The number of hydrogen-bond donors (Lipinski definition) is 1. The van der Waals surface area contributed by atoms with Gasteiger partial charge in [-0.05, 0) is 24.3 Å². The summed E-state index contributed by atoms with van der Waals surface area (Å²) in [6, 6.07) is 17.8. The third-order valence-corrected chi connectivity index (χ3v) is 5.05. The Bertz CT molecular complexity index is 746. The van der Waals surface area contributed by atoms with Crippen LogP contribution in [0.4, 0.5) is 5.69 Å². The van der Waals surface area contributed by atoms with Crippen LogP contribution in [0.15, 0.2) is 54.6 Å². The molecule has 1 amide bonds. The number of amides is 1. The van der Waals surface area contributed by atoms with E-state index in [0.717, 1.165) is 54.8 Å². The van der Waals surface area contributed by atoms with Crippen LogP contribution in [0, 0.1) is 0 Å². The highest BCUT2D eigenvalue weighted by Gasteiger charge is 2.24. The van der Waals surface area contributed by atoms with Crippen LogP contribution in [-0.4, -0.2) is 70.8 Å². The molecule has 1 saturated heterocycles. The molecule has 0 saturated carbocycles. The lowest BCUT2D eigenvalue weighted by molar-refractivity contribution is -0.871. The Balaban J connectivity index is 1.41. The van der Waals surface area contributed by atoms with Crippen LogP contribution in [0.5, 0.6) is 11.5 Å². The molecule has 1 atom stereocenters. The number of quaternary nitrogens is 1. The van der Waals surface area contributed by atoms with Crippen molar-refractivity contribution in [2.45, 2.75) is 0 Å². The van der Waals surface area contributed by atoms with Gasteiger partial charge in [0.05, 0.1) is 19.8 Å². The number of benzene rings is 2. The zero-order valence-corrected chi connectivity index (χ0v) is 16.8. The van der Waals surface area contributed by atoms with Crippen molar-refractivity contribution in [3.05, 3.63) is 54.6 Å². The molecular weight excluding hydrogens is 354 g/mol. The first-order valence-corrected chi connectivity index (χ1v) is 9.82. The molecule has 0 bridgehead atoms.